The van der Waals surface area contributed by atoms with Crippen molar-refractivity contribution in [1.29, 1.82) is 0 Å². The average molecular weight is 785 g/mol. The first-order chi connectivity index (χ1) is 26.6. The van der Waals surface area contributed by atoms with Gasteiger partial charge in [-0.1, -0.05) is 13.3 Å². The Morgan fingerprint density at radius 3 is 2.09 bits per heavy atom. The van der Waals surface area contributed by atoms with Gasteiger partial charge in [-0.15, -0.1) is 0 Å². The maximum absolute atomic E-state index is 13.7. The molecule has 1 fully saturated rings. The van der Waals surface area contributed by atoms with Gasteiger partial charge < -0.3 is 56.5 Å². The molecule has 17 heteroatoms. The molecule has 0 N–H and O–H groups in total. The Labute approximate surface area is 321 Å². The third-order valence-electron chi connectivity index (χ3n) is 8.50. The lowest BCUT2D eigenvalue weighted by molar-refractivity contribution is -0.282. The first kappa shape index (κ1) is 41.2. The van der Waals surface area contributed by atoms with Crippen molar-refractivity contribution >= 4 is 34.8 Å². The van der Waals surface area contributed by atoms with E-state index in [1.54, 1.807) is 38.1 Å². The molecule has 2 aliphatic rings. The van der Waals surface area contributed by atoms with Gasteiger partial charge in [0.1, 0.15) is 41.1 Å². The monoisotopic (exact) mass is 784 g/mol. The van der Waals surface area contributed by atoms with Gasteiger partial charge >= 0.3 is 23.9 Å². The molecule has 2 aliphatic heterocycles. The van der Waals surface area contributed by atoms with Gasteiger partial charge in [-0.2, -0.15) is 0 Å². The van der Waals surface area contributed by atoms with E-state index in [-0.39, 0.29) is 40.6 Å². The van der Waals surface area contributed by atoms with Crippen LogP contribution in [-0.4, -0.2) is 88.3 Å². The molecular formula is C39H44O17. The summed E-state index contributed by atoms with van der Waals surface area (Å²) in [6.07, 6.45) is -5.82. The largest absolute Gasteiger partial charge is 0.496 e. The zero-order chi connectivity index (χ0) is 40.9. The zero-order valence-electron chi connectivity index (χ0n) is 32.4. The first-order valence-electron chi connectivity index (χ1n) is 17.6. The number of benzene rings is 2. The van der Waals surface area contributed by atoms with Crippen LogP contribution in [0.25, 0.3) is 22.3 Å². The van der Waals surface area contributed by atoms with Crippen LogP contribution in [0, 0.1) is 0 Å². The minimum atomic E-state index is -1.70. The van der Waals surface area contributed by atoms with Crippen molar-refractivity contribution in [3.05, 3.63) is 58.1 Å². The fourth-order valence-corrected chi connectivity index (χ4v) is 6.31. The molecule has 1 saturated heterocycles. The van der Waals surface area contributed by atoms with Crippen LogP contribution in [-0.2, 0) is 58.8 Å². The lowest BCUT2D eigenvalue weighted by atomic mass is 9.96. The van der Waals surface area contributed by atoms with E-state index >= 15 is 0 Å². The molecule has 1 aromatic heterocycles. The molecule has 0 bridgehead atoms. The van der Waals surface area contributed by atoms with Crippen molar-refractivity contribution in [2.45, 2.75) is 90.9 Å². The fraction of sp³-hybridized carbons (Fsp3) is 0.462. The highest BCUT2D eigenvalue weighted by molar-refractivity contribution is 5.87. The van der Waals surface area contributed by atoms with Crippen LogP contribution in [0.1, 0.15) is 53.5 Å². The van der Waals surface area contributed by atoms with Crippen LogP contribution < -0.4 is 24.4 Å². The van der Waals surface area contributed by atoms with E-state index in [2.05, 4.69) is 0 Å². The summed E-state index contributed by atoms with van der Waals surface area (Å²) in [5, 5.41) is 0.166. The Hall–Kier alpha value is -5.97. The van der Waals surface area contributed by atoms with Crippen molar-refractivity contribution in [2.24, 2.45) is 0 Å². The van der Waals surface area contributed by atoms with Crippen molar-refractivity contribution < 1.29 is 75.7 Å². The third-order valence-corrected chi connectivity index (χ3v) is 8.50. The quantitative estimate of drug-likeness (QED) is 0.163. The number of ether oxygens (including phenoxy) is 11. The summed E-state index contributed by atoms with van der Waals surface area (Å²) in [5.41, 5.74) is 0.601. The second kappa shape index (κ2) is 17.2. The summed E-state index contributed by atoms with van der Waals surface area (Å²) in [5.74, 6) is -3.01. The number of fused-ring (bicyclic) bond motifs is 1. The number of hydrogen-bond donors (Lipinski definition) is 0. The standard InChI is InChI=1S/C39H44O17/c1-10-11-25-24(28-16-26(43)31-29(46-8)14-22(15-30(31)53-28)48-17-23-18-49-39(5,6)56-23)12-13-27(45-7)32(25)54-38-36(52-21(4)42)34(51-20(3)41)33(50-19(2)40)35(55-38)37(44)47-9/h12-16,18,33-36,38H,10-11,17H2,1-9H3. The molecule has 5 atom stereocenters. The number of carbonyl (C=O) groups is 4. The number of carbonyl (C=O) groups excluding carboxylic acids is 4. The smallest absolute Gasteiger partial charge is 0.339 e. The average Bonchev–Trinajstić information content (AvgIpc) is 3.50. The SMILES string of the molecule is CCCc1c(-c2cc(=O)c3c(OC)cc(OCC4=COC(C)(C)O4)cc3o2)ccc(OC)c1OC1OC(C(=O)OC)C(OC(C)=O)C(OC(C)=O)C1OC(C)=O. The lowest BCUT2D eigenvalue weighted by Crippen LogP contribution is -2.64. The number of rotatable bonds is 14. The fourth-order valence-electron chi connectivity index (χ4n) is 6.31. The normalized spacial score (nSPS) is 21.1. The van der Waals surface area contributed by atoms with Crippen molar-refractivity contribution in [3.63, 3.8) is 0 Å². The summed E-state index contributed by atoms with van der Waals surface area (Å²) in [4.78, 5) is 63.7. The molecule has 0 radical (unpaired) electrons. The van der Waals surface area contributed by atoms with E-state index in [1.807, 2.05) is 6.92 Å². The van der Waals surface area contributed by atoms with Crippen LogP contribution in [0.2, 0.25) is 0 Å². The van der Waals surface area contributed by atoms with Crippen LogP contribution in [0.4, 0.5) is 0 Å². The molecule has 56 heavy (non-hydrogen) atoms. The van der Waals surface area contributed by atoms with Crippen LogP contribution >= 0.6 is 0 Å². The molecule has 17 nitrogen and oxygen atoms in total. The molecule has 3 heterocycles. The Bertz CT molecular complexity index is 2060. The summed E-state index contributed by atoms with van der Waals surface area (Å²) in [6.45, 7) is 8.70. The minimum absolute atomic E-state index is 0.0240. The topological polar surface area (TPSA) is 200 Å². The predicted octanol–water partition coefficient (Wildman–Crippen LogP) is 4.50. The molecule has 0 aliphatic carbocycles. The van der Waals surface area contributed by atoms with Gasteiger partial charge in [0.25, 0.3) is 0 Å². The van der Waals surface area contributed by atoms with Gasteiger partial charge in [0.05, 0.1) is 21.3 Å². The van der Waals surface area contributed by atoms with Crippen LogP contribution in [0.3, 0.4) is 0 Å². The Kier molecular flexibility index (Phi) is 12.7. The van der Waals surface area contributed by atoms with Gasteiger partial charge in [0, 0.05) is 63.9 Å². The second-order valence-electron chi connectivity index (χ2n) is 13.1. The zero-order valence-corrected chi connectivity index (χ0v) is 32.4. The summed E-state index contributed by atoms with van der Waals surface area (Å²) >= 11 is 0. The third kappa shape index (κ3) is 9.10. The van der Waals surface area contributed by atoms with Gasteiger partial charge in [-0.3, -0.25) is 19.2 Å². The molecular weight excluding hydrogens is 740 g/mol. The molecule has 0 spiro atoms. The van der Waals surface area contributed by atoms with Crippen LogP contribution in [0.5, 0.6) is 23.0 Å². The first-order valence-corrected chi connectivity index (χ1v) is 17.6. The molecule has 5 unspecified atom stereocenters. The van der Waals surface area contributed by atoms with Crippen LogP contribution in [0.15, 0.2) is 51.6 Å². The summed E-state index contributed by atoms with van der Waals surface area (Å²) < 4.78 is 68.5. The minimum Gasteiger partial charge on any atom is -0.496 e. The van der Waals surface area contributed by atoms with Crippen molar-refractivity contribution in [1.82, 2.24) is 0 Å². The molecule has 0 saturated carbocycles. The maximum atomic E-state index is 13.7. The van der Waals surface area contributed by atoms with Gasteiger partial charge in [-0.05, 0) is 18.6 Å². The number of methoxy groups -OCH3 is 3. The molecule has 302 valence electrons. The van der Waals surface area contributed by atoms with E-state index in [0.29, 0.717) is 35.5 Å². The highest BCUT2D eigenvalue weighted by Gasteiger charge is 2.56. The lowest BCUT2D eigenvalue weighted by Gasteiger charge is -2.43. The summed E-state index contributed by atoms with van der Waals surface area (Å²) in [6, 6.07) is 7.64. The molecule has 0 amide bonds. The molecule has 5 rings (SSSR count). The second-order valence-corrected chi connectivity index (χ2v) is 13.1. The number of hydrogen-bond acceptors (Lipinski definition) is 17. The summed E-state index contributed by atoms with van der Waals surface area (Å²) in [7, 11) is 3.89. The van der Waals surface area contributed by atoms with Gasteiger partial charge in [-0.25, -0.2) is 4.79 Å². The number of esters is 4. The van der Waals surface area contributed by atoms with E-state index in [9.17, 15) is 24.0 Å². The molecule has 2 aromatic carbocycles. The van der Waals surface area contributed by atoms with Gasteiger partial charge in [0.15, 0.2) is 41.0 Å². The molecule has 3 aromatic rings. The highest BCUT2D eigenvalue weighted by Crippen LogP contribution is 2.43. The maximum Gasteiger partial charge on any atom is 0.339 e. The Morgan fingerprint density at radius 1 is 0.839 bits per heavy atom. The Balaban J connectivity index is 1.62. The van der Waals surface area contributed by atoms with E-state index in [4.69, 9.17) is 56.5 Å². The Morgan fingerprint density at radius 2 is 1.50 bits per heavy atom. The predicted molar refractivity (Wildman–Crippen MR) is 193 cm³/mol. The van der Waals surface area contributed by atoms with Crippen molar-refractivity contribution in [2.75, 3.05) is 27.9 Å². The highest BCUT2D eigenvalue weighted by atomic mass is 16.7. The van der Waals surface area contributed by atoms with Gasteiger partial charge in [0.2, 0.25) is 18.2 Å². The van der Waals surface area contributed by atoms with E-state index in [0.717, 1.165) is 27.9 Å². The van der Waals surface area contributed by atoms with E-state index < -0.39 is 65.8 Å². The van der Waals surface area contributed by atoms with E-state index in [1.165, 1.54) is 26.5 Å². The van der Waals surface area contributed by atoms with Crippen molar-refractivity contribution in [3.8, 4) is 34.3 Å².